The highest BCUT2D eigenvalue weighted by Gasteiger charge is 2.55. The van der Waals surface area contributed by atoms with Crippen molar-refractivity contribution in [1.29, 1.82) is 0 Å². The van der Waals surface area contributed by atoms with Crippen LogP contribution in [0.25, 0.3) is 10.9 Å². The summed E-state index contributed by atoms with van der Waals surface area (Å²) in [7, 11) is 3.94. The molecule has 2 aromatic carbocycles. The molecule has 39 heavy (non-hydrogen) atoms. The fourth-order valence-corrected chi connectivity index (χ4v) is 5.90. The van der Waals surface area contributed by atoms with E-state index in [9.17, 15) is 18.0 Å². The van der Waals surface area contributed by atoms with Gasteiger partial charge in [-0.15, -0.1) is 13.2 Å². The third-order valence-electron chi connectivity index (χ3n) is 7.72. The van der Waals surface area contributed by atoms with Crippen LogP contribution in [0.3, 0.4) is 0 Å². The predicted octanol–water partition coefficient (Wildman–Crippen LogP) is 6.22. The van der Waals surface area contributed by atoms with Crippen molar-refractivity contribution < 1.29 is 22.7 Å². The van der Waals surface area contributed by atoms with Crippen LogP contribution < -0.4 is 20.3 Å². The minimum absolute atomic E-state index is 0.0973. The molecule has 2 saturated carbocycles. The Labute approximate surface area is 233 Å². The minimum Gasteiger partial charge on any atom is -0.405 e. The molecule has 1 atom stereocenters. The average molecular weight is 606 g/mol. The fraction of sp³-hybridized carbons (Fsp3) is 0.464. The summed E-state index contributed by atoms with van der Waals surface area (Å²) in [6, 6.07) is 12.8. The fourth-order valence-electron chi connectivity index (χ4n) is 5.56. The Bertz CT molecular complexity index is 1360. The highest BCUT2D eigenvalue weighted by Crippen LogP contribution is 2.56. The number of amides is 1. The van der Waals surface area contributed by atoms with Crippen LogP contribution in [0.2, 0.25) is 0 Å². The number of nitrogens with zero attached hydrogens (tertiary/aromatic N) is 3. The van der Waals surface area contributed by atoms with E-state index in [-0.39, 0.29) is 42.0 Å². The van der Waals surface area contributed by atoms with Crippen LogP contribution >= 0.6 is 15.9 Å². The van der Waals surface area contributed by atoms with Crippen LogP contribution in [0.4, 0.5) is 24.9 Å². The number of carbonyl (C=O) groups is 1. The largest absolute Gasteiger partial charge is 0.573 e. The molecule has 0 aliphatic heterocycles. The molecule has 3 aromatic rings. The van der Waals surface area contributed by atoms with Gasteiger partial charge in [0.15, 0.2) is 0 Å². The standard InChI is InChI=1S/C28H31BrF3N5O2/c1-37(2)25-20-5-3-4-6-21(20)34-26(36-25)33-19-11-13-27(14-12-19)16-23(27)35-24(38)10-8-17-7-9-18(29)15-22(17)39-28(30,31)32/h3-7,9,15,19,23H,8,10-14,16H2,1-2H3,(H,35,38)(H,33,34,36)/t19?,23-,27?/m1/s1. The van der Waals surface area contributed by atoms with E-state index in [2.05, 4.69) is 31.3 Å². The summed E-state index contributed by atoms with van der Waals surface area (Å²) in [5.74, 6) is 1.06. The number of carbonyl (C=O) groups excluding carboxylic acids is 1. The van der Waals surface area contributed by atoms with Gasteiger partial charge in [0.1, 0.15) is 11.6 Å². The zero-order valence-electron chi connectivity index (χ0n) is 21.8. The number of hydrogen-bond acceptors (Lipinski definition) is 6. The van der Waals surface area contributed by atoms with Crippen LogP contribution in [-0.2, 0) is 11.2 Å². The van der Waals surface area contributed by atoms with Crippen LogP contribution in [0, 0.1) is 5.41 Å². The number of ether oxygens (including phenoxy) is 1. The van der Waals surface area contributed by atoms with Gasteiger partial charge in [-0.05, 0) is 73.8 Å². The van der Waals surface area contributed by atoms with Gasteiger partial charge < -0.3 is 20.3 Å². The van der Waals surface area contributed by atoms with Crippen LogP contribution in [0.15, 0.2) is 46.9 Å². The quantitative estimate of drug-likeness (QED) is 0.317. The lowest BCUT2D eigenvalue weighted by atomic mass is 9.83. The van der Waals surface area contributed by atoms with Gasteiger partial charge in [0.25, 0.3) is 0 Å². The number of alkyl halides is 3. The van der Waals surface area contributed by atoms with E-state index in [0.29, 0.717) is 16.0 Å². The lowest BCUT2D eigenvalue weighted by Gasteiger charge is -2.30. The number of anilines is 2. The first kappa shape index (κ1) is 27.5. The highest BCUT2D eigenvalue weighted by molar-refractivity contribution is 9.10. The Morgan fingerprint density at radius 3 is 2.62 bits per heavy atom. The molecular formula is C28H31BrF3N5O2. The summed E-state index contributed by atoms with van der Waals surface area (Å²) in [5, 5.41) is 7.64. The molecular weight excluding hydrogens is 575 g/mol. The maximum absolute atomic E-state index is 12.8. The maximum Gasteiger partial charge on any atom is 0.573 e. The Morgan fingerprint density at radius 2 is 1.90 bits per heavy atom. The van der Waals surface area contributed by atoms with Gasteiger partial charge in [-0.1, -0.05) is 34.1 Å². The van der Waals surface area contributed by atoms with Crippen molar-refractivity contribution in [3.63, 3.8) is 0 Å². The Balaban J connectivity index is 1.12. The topological polar surface area (TPSA) is 79.4 Å². The summed E-state index contributed by atoms with van der Waals surface area (Å²) in [4.78, 5) is 24.1. The number of benzene rings is 2. The first-order valence-corrected chi connectivity index (χ1v) is 13.8. The molecule has 0 radical (unpaired) electrons. The molecule has 2 N–H and O–H groups in total. The number of aromatic nitrogens is 2. The van der Waals surface area contributed by atoms with Gasteiger partial charge in [-0.25, -0.2) is 4.98 Å². The molecule has 0 saturated heterocycles. The van der Waals surface area contributed by atoms with Crippen LogP contribution in [0.5, 0.6) is 5.75 Å². The van der Waals surface area contributed by atoms with Gasteiger partial charge in [0.05, 0.1) is 5.52 Å². The Morgan fingerprint density at radius 1 is 1.15 bits per heavy atom. The molecule has 11 heteroatoms. The molecule has 2 fully saturated rings. The Hall–Kier alpha value is -3.08. The summed E-state index contributed by atoms with van der Waals surface area (Å²) < 4.78 is 42.9. The molecule has 0 bridgehead atoms. The number of hydrogen-bond donors (Lipinski definition) is 2. The molecule has 2 aliphatic carbocycles. The van der Waals surface area contributed by atoms with E-state index in [4.69, 9.17) is 9.97 Å². The number of rotatable bonds is 8. The zero-order valence-corrected chi connectivity index (χ0v) is 23.4. The van der Waals surface area contributed by atoms with Gasteiger partial charge in [0.2, 0.25) is 11.9 Å². The van der Waals surface area contributed by atoms with E-state index >= 15 is 0 Å². The number of para-hydroxylation sites is 1. The van der Waals surface area contributed by atoms with Gasteiger partial charge in [0, 0.05) is 42.5 Å². The van der Waals surface area contributed by atoms with Crippen molar-refractivity contribution in [2.75, 3.05) is 24.3 Å². The summed E-state index contributed by atoms with van der Waals surface area (Å²) in [6.45, 7) is 0. The highest BCUT2D eigenvalue weighted by atomic mass is 79.9. The van der Waals surface area contributed by atoms with E-state index in [1.165, 1.54) is 6.07 Å². The monoisotopic (exact) mass is 605 g/mol. The van der Waals surface area contributed by atoms with Crippen molar-refractivity contribution in [3.05, 3.63) is 52.5 Å². The third-order valence-corrected chi connectivity index (χ3v) is 8.22. The van der Waals surface area contributed by atoms with Crippen molar-refractivity contribution in [2.45, 2.75) is 63.4 Å². The molecule has 5 rings (SSSR count). The van der Waals surface area contributed by atoms with Gasteiger partial charge >= 0.3 is 6.36 Å². The van der Waals surface area contributed by atoms with Crippen molar-refractivity contribution in [2.24, 2.45) is 5.41 Å². The number of aryl methyl sites for hydroxylation is 1. The summed E-state index contributed by atoms with van der Waals surface area (Å²) in [5.41, 5.74) is 1.35. The first-order chi connectivity index (χ1) is 18.5. The molecule has 7 nitrogen and oxygen atoms in total. The third kappa shape index (κ3) is 6.57. The molecule has 1 spiro atoms. The molecule has 208 valence electrons. The van der Waals surface area contributed by atoms with E-state index < -0.39 is 6.36 Å². The number of fused-ring (bicyclic) bond motifs is 1. The molecule has 1 aromatic heterocycles. The zero-order chi connectivity index (χ0) is 27.8. The first-order valence-electron chi connectivity index (χ1n) is 13.1. The molecule has 1 heterocycles. The summed E-state index contributed by atoms with van der Waals surface area (Å²) in [6.07, 6.45) is 0.287. The number of nitrogens with one attached hydrogen (secondary N) is 2. The van der Waals surface area contributed by atoms with Crippen molar-refractivity contribution >= 4 is 44.5 Å². The summed E-state index contributed by atoms with van der Waals surface area (Å²) >= 11 is 3.17. The SMILES string of the molecule is CN(C)c1nc(NC2CCC3(CC2)C[C@H]3NC(=O)CCc2ccc(Br)cc2OC(F)(F)F)nc2ccccc12. The Kier molecular flexibility index (Phi) is 7.63. The second-order valence-electron chi connectivity index (χ2n) is 10.7. The van der Waals surface area contributed by atoms with Crippen LogP contribution in [-0.4, -0.2) is 48.4 Å². The van der Waals surface area contributed by atoms with Crippen molar-refractivity contribution in [3.8, 4) is 5.75 Å². The molecule has 0 unspecified atom stereocenters. The van der Waals surface area contributed by atoms with Crippen LogP contribution in [0.1, 0.15) is 44.1 Å². The second kappa shape index (κ2) is 10.8. The lowest BCUT2D eigenvalue weighted by molar-refractivity contribution is -0.274. The maximum atomic E-state index is 12.8. The minimum atomic E-state index is -4.79. The van der Waals surface area contributed by atoms with E-state index in [1.54, 1.807) is 12.1 Å². The van der Waals surface area contributed by atoms with Crippen molar-refractivity contribution in [1.82, 2.24) is 15.3 Å². The van der Waals surface area contributed by atoms with E-state index in [1.807, 2.05) is 43.3 Å². The molecule has 1 amide bonds. The number of halogens is 4. The lowest BCUT2D eigenvalue weighted by Crippen LogP contribution is -2.34. The van der Waals surface area contributed by atoms with Gasteiger partial charge in [-0.2, -0.15) is 4.98 Å². The normalized spacial score (nSPS) is 22.5. The second-order valence-corrected chi connectivity index (χ2v) is 11.6. The smallest absolute Gasteiger partial charge is 0.405 e. The van der Waals surface area contributed by atoms with Gasteiger partial charge in [-0.3, -0.25) is 4.79 Å². The average Bonchev–Trinajstić information content (AvgIpc) is 3.53. The molecule has 2 aliphatic rings. The van der Waals surface area contributed by atoms with E-state index in [0.717, 1.165) is 48.8 Å². The predicted molar refractivity (Wildman–Crippen MR) is 148 cm³/mol.